The molecule has 26 heavy (non-hydrogen) atoms. The van der Waals surface area contributed by atoms with Crippen LogP contribution in [0.25, 0.3) is 5.57 Å². The van der Waals surface area contributed by atoms with E-state index in [0.29, 0.717) is 17.8 Å². The van der Waals surface area contributed by atoms with Crippen LogP contribution < -0.4 is 0 Å². The first-order chi connectivity index (χ1) is 12.7. The van der Waals surface area contributed by atoms with E-state index in [1.165, 1.54) is 0 Å². The molecule has 7 heteroatoms. The van der Waals surface area contributed by atoms with Gasteiger partial charge in [0.25, 0.3) is 0 Å². The molecular formula is C19H15N5O2. The van der Waals surface area contributed by atoms with Gasteiger partial charge < -0.3 is 5.11 Å². The van der Waals surface area contributed by atoms with Gasteiger partial charge in [-0.1, -0.05) is 48.6 Å². The summed E-state index contributed by atoms with van der Waals surface area (Å²) in [6.07, 6.45) is 11.3. The lowest BCUT2D eigenvalue weighted by Gasteiger charge is -2.30. The van der Waals surface area contributed by atoms with Crippen LogP contribution in [0.2, 0.25) is 0 Å². The molecule has 2 N–H and O–H groups in total. The third-order valence-electron chi connectivity index (χ3n) is 4.49. The maximum atomic E-state index is 11.6. The summed E-state index contributed by atoms with van der Waals surface area (Å²) in [7, 11) is 0. The number of nitrogens with zero attached hydrogens (tertiary/aromatic N) is 4. The Hall–Kier alpha value is -3.61. The van der Waals surface area contributed by atoms with E-state index in [4.69, 9.17) is 0 Å². The Kier molecular flexibility index (Phi) is 3.89. The third-order valence-corrected chi connectivity index (χ3v) is 4.49. The standard InChI is InChI=1S/C19H15N5O2/c25-18(26)16-17(23-24-22-16)19(15-12-20-10-11-21-15)8-6-14(7-9-19)13-4-2-1-3-5-13/h1-8,10-12H,9H2,(H,25,26)(H,22,23,24). The Bertz CT molecular complexity index is 995. The molecule has 128 valence electrons. The first kappa shape index (κ1) is 15.9. The summed E-state index contributed by atoms with van der Waals surface area (Å²) in [4.78, 5) is 20.1. The molecule has 2 aromatic heterocycles. The van der Waals surface area contributed by atoms with E-state index in [0.717, 1.165) is 11.1 Å². The molecule has 0 spiro atoms. The Morgan fingerprint density at radius 2 is 2.00 bits per heavy atom. The third kappa shape index (κ3) is 2.59. The number of allylic oxidation sites excluding steroid dienone is 4. The molecule has 0 amide bonds. The maximum absolute atomic E-state index is 11.6. The summed E-state index contributed by atoms with van der Waals surface area (Å²) in [6.45, 7) is 0. The van der Waals surface area contributed by atoms with Crippen molar-refractivity contribution in [3.05, 3.63) is 89.8 Å². The molecule has 2 heterocycles. The fourth-order valence-corrected chi connectivity index (χ4v) is 3.19. The fraction of sp³-hybridized carbons (Fsp3) is 0.105. The normalized spacial score (nSPS) is 19.2. The molecule has 1 unspecified atom stereocenters. The molecule has 0 radical (unpaired) electrons. The van der Waals surface area contributed by atoms with E-state index in [1.807, 2.05) is 42.5 Å². The van der Waals surface area contributed by atoms with Crippen LogP contribution in [0, 0.1) is 0 Å². The number of nitrogens with one attached hydrogen (secondary N) is 1. The van der Waals surface area contributed by atoms with Gasteiger partial charge in [-0.05, 0) is 17.6 Å². The lowest BCUT2D eigenvalue weighted by molar-refractivity contribution is 0.0688. The van der Waals surface area contributed by atoms with Gasteiger partial charge in [-0.25, -0.2) is 4.79 Å². The van der Waals surface area contributed by atoms with Crippen LogP contribution in [0.5, 0.6) is 0 Å². The molecule has 3 aromatic rings. The van der Waals surface area contributed by atoms with Crippen LogP contribution in [0.3, 0.4) is 0 Å². The predicted octanol–water partition coefficient (Wildman–Crippen LogP) is 2.62. The van der Waals surface area contributed by atoms with Gasteiger partial charge in [-0.15, -0.1) is 5.10 Å². The first-order valence-corrected chi connectivity index (χ1v) is 8.06. The highest BCUT2D eigenvalue weighted by Gasteiger charge is 2.40. The zero-order chi connectivity index (χ0) is 18.0. The zero-order valence-corrected chi connectivity index (χ0v) is 13.7. The van der Waals surface area contributed by atoms with Gasteiger partial charge in [0.1, 0.15) is 5.69 Å². The van der Waals surface area contributed by atoms with E-state index in [1.54, 1.807) is 18.6 Å². The highest BCUT2D eigenvalue weighted by atomic mass is 16.4. The zero-order valence-electron chi connectivity index (χ0n) is 13.7. The second-order valence-corrected chi connectivity index (χ2v) is 5.95. The van der Waals surface area contributed by atoms with Gasteiger partial charge >= 0.3 is 5.97 Å². The van der Waals surface area contributed by atoms with Crippen molar-refractivity contribution in [1.29, 1.82) is 0 Å². The van der Waals surface area contributed by atoms with Gasteiger partial charge in [0.05, 0.1) is 11.1 Å². The number of H-pyrrole nitrogens is 1. The summed E-state index contributed by atoms with van der Waals surface area (Å²) in [6, 6.07) is 9.99. The van der Waals surface area contributed by atoms with Crippen LogP contribution in [-0.4, -0.2) is 36.5 Å². The molecular weight excluding hydrogens is 330 g/mol. The van der Waals surface area contributed by atoms with Crippen LogP contribution in [-0.2, 0) is 5.41 Å². The fourth-order valence-electron chi connectivity index (χ4n) is 3.19. The lowest BCUT2D eigenvalue weighted by atomic mass is 9.73. The molecule has 4 rings (SSSR count). The minimum atomic E-state index is -1.14. The average molecular weight is 345 g/mol. The van der Waals surface area contributed by atoms with Crippen LogP contribution >= 0.6 is 0 Å². The molecule has 0 aliphatic heterocycles. The SMILES string of the molecule is O=C(O)c1n[nH]nc1C1(c2cnccn2)C=CC(c2ccccc2)=CC1. The number of aromatic nitrogens is 5. The molecule has 0 saturated carbocycles. The largest absolute Gasteiger partial charge is 0.476 e. The summed E-state index contributed by atoms with van der Waals surface area (Å²) < 4.78 is 0. The molecule has 0 bridgehead atoms. The summed E-state index contributed by atoms with van der Waals surface area (Å²) >= 11 is 0. The Morgan fingerprint density at radius 1 is 1.15 bits per heavy atom. The summed E-state index contributed by atoms with van der Waals surface area (Å²) in [5, 5.41) is 19.9. The number of aromatic amines is 1. The smallest absolute Gasteiger partial charge is 0.358 e. The number of rotatable bonds is 4. The van der Waals surface area contributed by atoms with Crippen molar-refractivity contribution >= 4 is 11.5 Å². The molecule has 0 saturated heterocycles. The minimum absolute atomic E-state index is 0.114. The maximum Gasteiger partial charge on any atom is 0.358 e. The molecule has 0 fully saturated rings. The number of carboxylic acids is 1. The number of hydrogen-bond donors (Lipinski definition) is 2. The monoisotopic (exact) mass is 345 g/mol. The van der Waals surface area contributed by atoms with Crippen LogP contribution in [0.15, 0.2) is 67.2 Å². The minimum Gasteiger partial charge on any atom is -0.476 e. The van der Waals surface area contributed by atoms with E-state index >= 15 is 0 Å². The number of aromatic carboxylic acids is 1. The van der Waals surface area contributed by atoms with E-state index in [2.05, 4.69) is 31.5 Å². The van der Waals surface area contributed by atoms with Gasteiger partial charge in [-0.2, -0.15) is 10.3 Å². The van der Waals surface area contributed by atoms with E-state index in [-0.39, 0.29) is 5.69 Å². The first-order valence-electron chi connectivity index (χ1n) is 8.06. The second kappa shape index (κ2) is 6.36. The van der Waals surface area contributed by atoms with Crippen LogP contribution in [0.1, 0.15) is 33.9 Å². The van der Waals surface area contributed by atoms with Gasteiger partial charge in [-0.3, -0.25) is 9.97 Å². The Balaban J connectivity index is 1.83. The lowest BCUT2D eigenvalue weighted by Crippen LogP contribution is -2.30. The van der Waals surface area contributed by atoms with Crippen molar-refractivity contribution in [1.82, 2.24) is 25.4 Å². The number of carboxylic acid groups (broad SMARTS) is 1. The van der Waals surface area contributed by atoms with E-state index in [9.17, 15) is 9.90 Å². The van der Waals surface area contributed by atoms with Crippen molar-refractivity contribution < 1.29 is 9.90 Å². The molecule has 1 aliphatic rings. The highest BCUT2D eigenvalue weighted by Crippen LogP contribution is 2.40. The Labute approximate surface area is 149 Å². The van der Waals surface area contributed by atoms with Crippen molar-refractivity contribution in [2.75, 3.05) is 0 Å². The van der Waals surface area contributed by atoms with Gasteiger partial charge in [0, 0.05) is 18.6 Å². The second-order valence-electron chi connectivity index (χ2n) is 5.95. The highest BCUT2D eigenvalue weighted by molar-refractivity contribution is 5.87. The van der Waals surface area contributed by atoms with Crippen molar-refractivity contribution in [2.24, 2.45) is 0 Å². The summed E-state index contributed by atoms with van der Waals surface area (Å²) in [5.41, 5.74) is 2.14. The number of carbonyl (C=O) groups is 1. The number of hydrogen-bond acceptors (Lipinski definition) is 5. The molecule has 1 aliphatic carbocycles. The van der Waals surface area contributed by atoms with E-state index < -0.39 is 11.4 Å². The number of benzene rings is 1. The molecule has 1 aromatic carbocycles. The average Bonchev–Trinajstić information content (AvgIpc) is 3.20. The van der Waals surface area contributed by atoms with Crippen molar-refractivity contribution in [2.45, 2.75) is 11.8 Å². The Morgan fingerprint density at radius 3 is 2.65 bits per heavy atom. The molecule has 1 atom stereocenters. The molecule has 7 nitrogen and oxygen atoms in total. The van der Waals surface area contributed by atoms with Gasteiger partial charge in [0.15, 0.2) is 5.69 Å². The van der Waals surface area contributed by atoms with Gasteiger partial charge in [0.2, 0.25) is 0 Å². The van der Waals surface area contributed by atoms with Crippen molar-refractivity contribution in [3.63, 3.8) is 0 Å². The topological polar surface area (TPSA) is 105 Å². The summed E-state index contributed by atoms with van der Waals surface area (Å²) in [5.74, 6) is -1.14. The predicted molar refractivity (Wildman–Crippen MR) is 94.3 cm³/mol. The van der Waals surface area contributed by atoms with Crippen LogP contribution in [0.4, 0.5) is 0 Å². The van der Waals surface area contributed by atoms with Crippen molar-refractivity contribution in [3.8, 4) is 0 Å². The quantitative estimate of drug-likeness (QED) is 0.753.